The minimum Gasteiger partial charge on any atom is -0.471 e. The number of nitrogens with one attached hydrogen (secondary N) is 2. The number of ether oxygens (including phenoxy) is 2. The predicted molar refractivity (Wildman–Crippen MR) is 81.0 cm³/mol. The van der Waals surface area contributed by atoms with Gasteiger partial charge < -0.3 is 20.1 Å². The Balaban J connectivity index is 1.66. The van der Waals surface area contributed by atoms with Gasteiger partial charge in [0.15, 0.2) is 0 Å². The molecular formula is C14H22N4O4. The summed E-state index contributed by atoms with van der Waals surface area (Å²) in [6.07, 6.45) is 1.63. The first-order valence-electron chi connectivity index (χ1n) is 7.55. The molecule has 0 aromatic heterocycles. The van der Waals surface area contributed by atoms with Crippen molar-refractivity contribution in [3.8, 4) is 0 Å². The summed E-state index contributed by atoms with van der Waals surface area (Å²) in [7, 11) is 0. The first kappa shape index (κ1) is 16.3. The molecule has 2 unspecified atom stereocenters. The minimum absolute atomic E-state index is 0.00130. The molecule has 0 fully saturated rings. The molecule has 2 N–H and O–H groups in total. The second kappa shape index (κ2) is 7.77. The third-order valence-electron chi connectivity index (χ3n) is 3.29. The average Bonchev–Trinajstić information content (AvgIpc) is 2.51. The van der Waals surface area contributed by atoms with Gasteiger partial charge in [0.1, 0.15) is 0 Å². The predicted octanol–water partition coefficient (Wildman–Crippen LogP) is -0.367. The molecule has 2 heterocycles. The first-order valence-corrected chi connectivity index (χ1v) is 7.55. The maximum absolute atomic E-state index is 11.8. The maximum atomic E-state index is 11.8. The van der Waals surface area contributed by atoms with Crippen LogP contribution in [0.3, 0.4) is 0 Å². The monoisotopic (exact) mass is 310 g/mol. The van der Waals surface area contributed by atoms with Crippen molar-refractivity contribution in [2.45, 2.75) is 38.9 Å². The fraction of sp³-hybridized carbons (Fsp3) is 0.714. The lowest BCUT2D eigenvalue weighted by Gasteiger charge is -2.20. The average molecular weight is 310 g/mol. The smallest absolute Gasteiger partial charge is 0.306 e. The lowest BCUT2D eigenvalue weighted by Crippen LogP contribution is -2.43. The fourth-order valence-corrected chi connectivity index (χ4v) is 2.02. The van der Waals surface area contributed by atoms with E-state index in [1.54, 1.807) is 0 Å². The van der Waals surface area contributed by atoms with E-state index in [0.29, 0.717) is 13.1 Å². The topological polar surface area (TPSA) is 101 Å². The van der Waals surface area contributed by atoms with E-state index in [9.17, 15) is 9.59 Å². The number of rotatable bonds is 5. The normalized spacial score (nSPS) is 24.3. The minimum atomic E-state index is -0.360. The first-order chi connectivity index (χ1) is 10.6. The summed E-state index contributed by atoms with van der Waals surface area (Å²) in [5.74, 6) is -0.501. The lowest BCUT2D eigenvalue weighted by atomic mass is 10.2. The number of carbonyl (C=O) groups is 2. The van der Waals surface area contributed by atoms with E-state index < -0.39 is 0 Å². The molecule has 2 aliphatic rings. The summed E-state index contributed by atoms with van der Waals surface area (Å²) in [6, 6.07) is 0. The van der Waals surface area contributed by atoms with E-state index in [4.69, 9.17) is 9.47 Å². The number of carbonyl (C=O) groups excluding carboxylic acids is 2. The number of amides is 2. The fourth-order valence-electron chi connectivity index (χ4n) is 2.02. The van der Waals surface area contributed by atoms with Gasteiger partial charge in [-0.15, -0.1) is 0 Å². The Labute approximate surface area is 129 Å². The molecule has 2 amide bonds. The zero-order chi connectivity index (χ0) is 15.9. The zero-order valence-corrected chi connectivity index (χ0v) is 12.9. The van der Waals surface area contributed by atoms with Crippen LogP contribution in [0.25, 0.3) is 0 Å². The van der Waals surface area contributed by atoms with Gasteiger partial charge in [-0.3, -0.25) is 9.59 Å². The second-order valence-electron chi connectivity index (χ2n) is 5.32. The van der Waals surface area contributed by atoms with E-state index in [1.807, 2.05) is 13.8 Å². The van der Waals surface area contributed by atoms with Gasteiger partial charge in [0.2, 0.25) is 0 Å². The highest BCUT2D eigenvalue weighted by atomic mass is 16.5. The molecule has 0 aromatic rings. The number of hydrogen-bond donors (Lipinski definition) is 2. The molecule has 0 radical (unpaired) electrons. The van der Waals surface area contributed by atoms with Gasteiger partial charge in [-0.2, -0.15) is 0 Å². The van der Waals surface area contributed by atoms with Crippen LogP contribution in [0.4, 0.5) is 0 Å². The van der Waals surface area contributed by atoms with Gasteiger partial charge in [-0.05, 0) is 13.8 Å². The molecule has 122 valence electrons. The Hall–Kier alpha value is -2.12. The molecule has 8 nitrogen and oxygen atoms in total. The molecule has 2 atom stereocenters. The van der Waals surface area contributed by atoms with Gasteiger partial charge in [0, 0.05) is 39.0 Å². The summed E-state index contributed by atoms with van der Waals surface area (Å²) < 4.78 is 10.7. The van der Waals surface area contributed by atoms with Crippen LogP contribution in [0.2, 0.25) is 0 Å². The summed E-state index contributed by atoms with van der Waals surface area (Å²) in [4.78, 5) is 31.7. The Morgan fingerprint density at radius 1 is 0.955 bits per heavy atom. The Kier molecular flexibility index (Phi) is 5.74. The summed E-state index contributed by atoms with van der Waals surface area (Å²) in [6.45, 7) is 5.54. The largest absolute Gasteiger partial charge is 0.471 e. The number of nitrogens with zero attached hydrogens (tertiary/aromatic N) is 2. The molecule has 2 rings (SSSR count). The SMILES string of the molecule is CC1CCN=C(C(=O)NCCNC(=O)C2=NCCC(C)O2)O1. The molecule has 22 heavy (non-hydrogen) atoms. The summed E-state index contributed by atoms with van der Waals surface area (Å²) in [5, 5.41) is 5.30. The number of aliphatic imine (C=N–C) groups is 2. The third kappa shape index (κ3) is 4.71. The highest BCUT2D eigenvalue weighted by molar-refractivity contribution is 6.36. The van der Waals surface area contributed by atoms with Gasteiger partial charge >= 0.3 is 11.8 Å². The molecule has 2 aliphatic heterocycles. The van der Waals surface area contributed by atoms with Crippen LogP contribution < -0.4 is 10.6 Å². The Bertz CT molecular complexity index is 445. The standard InChI is InChI=1S/C14H22N4O4/c1-9-3-5-17-13(21-9)11(19)15-7-8-16-12(20)14-18-6-4-10(2)22-14/h9-10H,3-8H2,1-2H3,(H,15,19)(H,16,20). The van der Waals surface area contributed by atoms with Gasteiger partial charge in [0.25, 0.3) is 11.8 Å². The van der Waals surface area contributed by atoms with Crippen LogP contribution in [0.1, 0.15) is 26.7 Å². The Morgan fingerprint density at radius 2 is 1.36 bits per heavy atom. The van der Waals surface area contributed by atoms with Crippen LogP contribution in [0, 0.1) is 0 Å². The third-order valence-corrected chi connectivity index (χ3v) is 3.29. The van der Waals surface area contributed by atoms with Crippen molar-refractivity contribution in [3.05, 3.63) is 0 Å². The molecule has 0 aliphatic carbocycles. The quantitative estimate of drug-likeness (QED) is 0.677. The van der Waals surface area contributed by atoms with Gasteiger partial charge in [0.05, 0.1) is 12.2 Å². The van der Waals surface area contributed by atoms with Crippen molar-refractivity contribution in [2.24, 2.45) is 9.98 Å². The summed E-state index contributed by atoms with van der Waals surface area (Å²) >= 11 is 0. The highest BCUT2D eigenvalue weighted by Crippen LogP contribution is 2.06. The van der Waals surface area contributed by atoms with Crippen molar-refractivity contribution in [1.29, 1.82) is 0 Å². The van der Waals surface area contributed by atoms with Crippen molar-refractivity contribution >= 4 is 23.6 Å². The van der Waals surface area contributed by atoms with Crippen molar-refractivity contribution in [3.63, 3.8) is 0 Å². The van der Waals surface area contributed by atoms with Gasteiger partial charge in [-0.25, -0.2) is 9.98 Å². The molecule has 0 saturated carbocycles. The molecule has 0 bridgehead atoms. The van der Waals surface area contributed by atoms with E-state index >= 15 is 0 Å². The maximum Gasteiger partial charge on any atom is 0.306 e. The molecule has 0 aromatic carbocycles. The van der Waals surface area contributed by atoms with Crippen LogP contribution in [0.15, 0.2) is 9.98 Å². The van der Waals surface area contributed by atoms with Crippen molar-refractivity contribution in [2.75, 3.05) is 26.2 Å². The van der Waals surface area contributed by atoms with Crippen molar-refractivity contribution in [1.82, 2.24) is 10.6 Å². The van der Waals surface area contributed by atoms with Crippen molar-refractivity contribution < 1.29 is 19.1 Å². The number of hydrogen-bond acceptors (Lipinski definition) is 6. The van der Waals surface area contributed by atoms with E-state index in [2.05, 4.69) is 20.6 Å². The van der Waals surface area contributed by atoms with E-state index in [-0.39, 0.29) is 48.9 Å². The second-order valence-corrected chi connectivity index (χ2v) is 5.32. The van der Waals surface area contributed by atoms with E-state index in [0.717, 1.165) is 12.8 Å². The molecule has 0 saturated heterocycles. The highest BCUT2D eigenvalue weighted by Gasteiger charge is 2.21. The lowest BCUT2D eigenvalue weighted by molar-refractivity contribution is -0.118. The van der Waals surface area contributed by atoms with Gasteiger partial charge in [-0.1, -0.05) is 0 Å². The summed E-state index contributed by atoms with van der Waals surface area (Å²) in [5.41, 5.74) is 0. The van der Waals surface area contributed by atoms with Crippen LogP contribution in [-0.2, 0) is 19.1 Å². The Morgan fingerprint density at radius 3 is 1.73 bits per heavy atom. The van der Waals surface area contributed by atoms with E-state index in [1.165, 1.54) is 0 Å². The zero-order valence-electron chi connectivity index (χ0n) is 12.9. The molecule has 8 heteroatoms. The van der Waals surface area contributed by atoms with Crippen LogP contribution in [0.5, 0.6) is 0 Å². The van der Waals surface area contributed by atoms with Crippen LogP contribution in [-0.4, -0.2) is 62.0 Å². The molecular weight excluding hydrogens is 288 g/mol. The van der Waals surface area contributed by atoms with Crippen LogP contribution >= 0.6 is 0 Å². The molecule has 0 spiro atoms.